The van der Waals surface area contributed by atoms with Gasteiger partial charge >= 0.3 is 5.97 Å². The van der Waals surface area contributed by atoms with Crippen molar-refractivity contribution in [3.05, 3.63) is 29.6 Å². The zero-order valence-electron chi connectivity index (χ0n) is 12.3. The molecule has 1 fully saturated rings. The molecular weight excluding hydrogens is 275 g/mol. The van der Waals surface area contributed by atoms with Crippen molar-refractivity contribution in [1.82, 2.24) is 4.90 Å². The summed E-state index contributed by atoms with van der Waals surface area (Å²) < 4.78 is 24.3. The number of carbonyl (C=O) groups is 1. The second-order valence-corrected chi connectivity index (χ2v) is 5.42. The number of nitrogens with zero attached hydrogens (tertiary/aromatic N) is 1. The predicted molar refractivity (Wildman–Crippen MR) is 77.5 cm³/mol. The van der Waals surface area contributed by atoms with Crippen LogP contribution in [-0.4, -0.2) is 49.3 Å². The van der Waals surface area contributed by atoms with Crippen molar-refractivity contribution in [2.24, 2.45) is 0 Å². The van der Waals surface area contributed by atoms with Gasteiger partial charge in [-0.05, 0) is 32.0 Å². The Morgan fingerprint density at radius 1 is 1.57 bits per heavy atom. The molecule has 1 aliphatic heterocycles. The Morgan fingerprint density at radius 3 is 3.05 bits per heavy atom. The highest BCUT2D eigenvalue weighted by atomic mass is 19.1. The summed E-state index contributed by atoms with van der Waals surface area (Å²) in [4.78, 5) is 14.1. The van der Waals surface area contributed by atoms with Crippen LogP contribution in [0.5, 0.6) is 0 Å². The summed E-state index contributed by atoms with van der Waals surface area (Å²) in [5.74, 6) is -1.35. The topological polar surface area (TPSA) is 64.8 Å². The molecule has 2 rings (SSSR count). The summed E-state index contributed by atoms with van der Waals surface area (Å²) in [6.07, 6.45) is -0.186. The number of esters is 1. The highest BCUT2D eigenvalue weighted by Crippen LogP contribution is 2.14. The maximum absolute atomic E-state index is 13.6. The molecule has 1 atom stereocenters. The first-order valence-electron chi connectivity index (χ1n) is 7.05. The number of benzene rings is 1. The molecule has 0 aliphatic carbocycles. The first-order valence-corrected chi connectivity index (χ1v) is 7.05. The van der Waals surface area contributed by atoms with Gasteiger partial charge in [0.25, 0.3) is 0 Å². The summed E-state index contributed by atoms with van der Waals surface area (Å²) in [6.45, 7) is 6.49. The van der Waals surface area contributed by atoms with Gasteiger partial charge in [-0.1, -0.05) is 0 Å². The average molecular weight is 296 g/mol. The molecule has 5 nitrogen and oxygen atoms in total. The lowest BCUT2D eigenvalue weighted by Crippen LogP contribution is -2.47. The molecule has 6 heteroatoms. The smallest absolute Gasteiger partial charge is 0.341 e. The number of ether oxygens (including phenoxy) is 2. The molecule has 116 valence electrons. The molecule has 0 bridgehead atoms. The molecule has 0 radical (unpaired) electrons. The fourth-order valence-corrected chi connectivity index (χ4v) is 2.26. The first kappa shape index (κ1) is 15.7. The Balaban J connectivity index is 1.90. The minimum Gasteiger partial charge on any atom is -0.459 e. The minimum atomic E-state index is -0.718. The second-order valence-electron chi connectivity index (χ2n) is 5.42. The molecule has 2 N–H and O–H groups in total. The van der Waals surface area contributed by atoms with Gasteiger partial charge in [-0.2, -0.15) is 0 Å². The van der Waals surface area contributed by atoms with Gasteiger partial charge < -0.3 is 15.2 Å². The van der Waals surface area contributed by atoms with Crippen molar-refractivity contribution < 1.29 is 18.7 Å². The third-order valence-corrected chi connectivity index (χ3v) is 3.51. The van der Waals surface area contributed by atoms with Gasteiger partial charge in [0.05, 0.1) is 12.2 Å². The van der Waals surface area contributed by atoms with Gasteiger partial charge in [-0.15, -0.1) is 0 Å². The van der Waals surface area contributed by atoms with Crippen LogP contribution in [0.2, 0.25) is 0 Å². The van der Waals surface area contributed by atoms with Crippen LogP contribution in [-0.2, 0) is 9.47 Å². The van der Waals surface area contributed by atoms with E-state index in [1.807, 2.05) is 0 Å². The number of halogens is 1. The third-order valence-electron chi connectivity index (χ3n) is 3.51. The number of hydrogen-bond acceptors (Lipinski definition) is 5. The van der Waals surface area contributed by atoms with E-state index in [0.717, 1.165) is 12.6 Å². The monoisotopic (exact) mass is 296 g/mol. The fourth-order valence-electron chi connectivity index (χ4n) is 2.26. The van der Waals surface area contributed by atoms with Gasteiger partial charge in [0.15, 0.2) is 0 Å². The lowest BCUT2D eigenvalue weighted by Gasteiger charge is -2.35. The Kier molecular flexibility index (Phi) is 5.14. The number of morpholine rings is 1. The summed E-state index contributed by atoms with van der Waals surface area (Å²) in [6, 6.07) is 4.25. The summed E-state index contributed by atoms with van der Waals surface area (Å²) >= 11 is 0. The van der Waals surface area contributed by atoms with Crippen molar-refractivity contribution in [3.8, 4) is 0 Å². The van der Waals surface area contributed by atoms with Gasteiger partial charge in [-0.25, -0.2) is 9.18 Å². The molecule has 1 aliphatic rings. The van der Waals surface area contributed by atoms with Crippen LogP contribution in [0.1, 0.15) is 24.2 Å². The summed E-state index contributed by atoms with van der Waals surface area (Å²) in [5.41, 5.74) is 5.73. The van der Waals surface area contributed by atoms with E-state index in [1.165, 1.54) is 12.1 Å². The van der Waals surface area contributed by atoms with E-state index in [0.29, 0.717) is 24.9 Å². The van der Waals surface area contributed by atoms with E-state index in [-0.39, 0.29) is 18.3 Å². The number of carbonyl (C=O) groups excluding carboxylic acids is 1. The molecule has 0 spiro atoms. The van der Waals surface area contributed by atoms with Crippen LogP contribution in [0.25, 0.3) is 0 Å². The standard InChI is InChI=1S/C15H21FN2O3/c1-10(2)18-5-6-20-12(8-18)9-21-15(19)13-7-11(17)3-4-14(13)16/h3-4,7,10,12H,5-6,8-9,17H2,1-2H3. The van der Waals surface area contributed by atoms with Gasteiger partial charge in [0, 0.05) is 24.8 Å². The maximum atomic E-state index is 13.6. The Labute approximate surface area is 123 Å². The number of hydrogen-bond donors (Lipinski definition) is 1. The van der Waals surface area contributed by atoms with Crippen LogP contribution < -0.4 is 5.73 Å². The zero-order valence-corrected chi connectivity index (χ0v) is 12.3. The lowest BCUT2D eigenvalue weighted by atomic mass is 10.2. The lowest BCUT2D eigenvalue weighted by molar-refractivity contribution is -0.0663. The van der Waals surface area contributed by atoms with Crippen molar-refractivity contribution in [1.29, 1.82) is 0 Å². The van der Waals surface area contributed by atoms with E-state index in [1.54, 1.807) is 0 Å². The molecule has 1 aromatic rings. The van der Waals surface area contributed by atoms with Crippen molar-refractivity contribution in [2.45, 2.75) is 26.0 Å². The Hall–Kier alpha value is -1.66. The minimum absolute atomic E-state index is 0.107. The van der Waals surface area contributed by atoms with E-state index in [2.05, 4.69) is 18.7 Å². The van der Waals surface area contributed by atoms with Crippen LogP contribution in [0, 0.1) is 5.82 Å². The highest BCUT2D eigenvalue weighted by Gasteiger charge is 2.24. The largest absolute Gasteiger partial charge is 0.459 e. The van der Waals surface area contributed by atoms with Gasteiger partial charge in [0.1, 0.15) is 18.5 Å². The molecule has 21 heavy (non-hydrogen) atoms. The molecular formula is C15H21FN2O3. The molecule has 1 saturated heterocycles. The number of anilines is 1. The van der Waals surface area contributed by atoms with Crippen LogP contribution in [0.15, 0.2) is 18.2 Å². The molecule has 0 saturated carbocycles. The molecule has 1 aromatic carbocycles. The second kappa shape index (κ2) is 6.87. The quantitative estimate of drug-likeness (QED) is 0.676. The normalized spacial score (nSPS) is 19.7. The molecule has 1 heterocycles. The van der Waals surface area contributed by atoms with E-state index >= 15 is 0 Å². The van der Waals surface area contributed by atoms with Crippen LogP contribution in [0.3, 0.4) is 0 Å². The van der Waals surface area contributed by atoms with Crippen molar-refractivity contribution in [3.63, 3.8) is 0 Å². The summed E-state index contributed by atoms with van der Waals surface area (Å²) in [5, 5.41) is 0. The SMILES string of the molecule is CC(C)N1CCOC(COC(=O)c2cc(N)ccc2F)C1. The molecule has 1 unspecified atom stereocenters. The third kappa shape index (κ3) is 4.15. The van der Waals surface area contributed by atoms with E-state index in [9.17, 15) is 9.18 Å². The fraction of sp³-hybridized carbons (Fsp3) is 0.533. The van der Waals surface area contributed by atoms with Crippen molar-refractivity contribution >= 4 is 11.7 Å². The average Bonchev–Trinajstić information content (AvgIpc) is 2.47. The summed E-state index contributed by atoms with van der Waals surface area (Å²) in [7, 11) is 0. The zero-order chi connectivity index (χ0) is 15.4. The van der Waals surface area contributed by atoms with Crippen molar-refractivity contribution in [2.75, 3.05) is 32.0 Å². The predicted octanol–water partition coefficient (Wildman–Crippen LogP) is 1.67. The van der Waals surface area contributed by atoms with E-state index in [4.69, 9.17) is 15.2 Å². The van der Waals surface area contributed by atoms with Crippen LogP contribution in [0.4, 0.5) is 10.1 Å². The Morgan fingerprint density at radius 2 is 2.33 bits per heavy atom. The molecule has 0 amide bonds. The Bertz CT molecular complexity index is 508. The van der Waals surface area contributed by atoms with Gasteiger partial charge in [-0.3, -0.25) is 4.90 Å². The van der Waals surface area contributed by atoms with E-state index < -0.39 is 11.8 Å². The van der Waals surface area contributed by atoms with Gasteiger partial charge in [0.2, 0.25) is 0 Å². The first-order chi connectivity index (χ1) is 9.97. The maximum Gasteiger partial charge on any atom is 0.341 e. The molecule has 0 aromatic heterocycles. The number of nitrogens with two attached hydrogens (primary N) is 1. The number of rotatable bonds is 4. The van der Waals surface area contributed by atoms with Crippen LogP contribution >= 0.6 is 0 Å². The highest BCUT2D eigenvalue weighted by molar-refractivity contribution is 5.90. The number of nitrogen functional groups attached to an aromatic ring is 1.